The van der Waals surface area contributed by atoms with Crippen LogP contribution in [0.1, 0.15) is 76.6 Å². The van der Waals surface area contributed by atoms with Gasteiger partial charge in [-0.2, -0.15) is 0 Å². The highest BCUT2D eigenvalue weighted by Crippen LogP contribution is 2.29. The number of aromatic nitrogens is 1. The van der Waals surface area contributed by atoms with Gasteiger partial charge >= 0.3 is 0 Å². The molecule has 0 fully saturated rings. The van der Waals surface area contributed by atoms with Crippen LogP contribution in [0.25, 0.3) is 0 Å². The van der Waals surface area contributed by atoms with Crippen molar-refractivity contribution in [3.63, 3.8) is 0 Å². The Bertz CT molecular complexity index is 412. The minimum absolute atomic E-state index is 0.390. The van der Waals surface area contributed by atoms with E-state index in [1.165, 1.54) is 56.2 Å². The minimum Gasteiger partial charge on any atom is -0.308 e. The topological polar surface area (TPSA) is 24.9 Å². The zero-order valence-corrected chi connectivity index (χ0v) is 13.4. The number of hydrogen-bond acceptors (Lipinski definition) is 2. The number of unbranched alkanes of at least 4 members (excludes halogenated alkanes) is 2. The van der Waals surface area contributed by atoms with Gasteiger partial charge in [-0.1, -0.05) is 46.1 Å². The van der Waals surface area contributed by atoms with Gasteiger partial charge in [0, 0.05) is 18.8 Å². The molecule has 0 saturated heterocycles. The van der Waals surface area contributed by atoms with E-state index in [1.807, 2.05) is 6.20 Å². The van der Waals surface area contributed by atoms with Crippen LogP contribution in [0, 0.1) is 5.41 Å². The Hall–Kier alpha value is -0.890. The SMILES string of the molecule is CCCCCC(C)(C)CNC1CCCc2cccnc21. The highest BCUT2D eigenvalue weighted by Gasteiger charge is 2.24. The predicted octanol–water partition coefficient (Wildman–Crippen LogP) is 4.66. The monoisotopic (exact) mass is 274 g/mol. The lowest BCUT2D eigenvalue weighted by Crippen LogP contribution is -2.34. The van der Waals surface area contributed by atoms with E-state index in [2.05, 4.69) is 43.2 Å². The molecular formula is C18H30N2. The van der Waals surface area contributed by atoms with Gasteiger partial charge in [-0.15, -0.1) is 0 Å². The molecule has 2 nitrogen and oxygen atoms in total. The maximum absolute atomic E-state index is 4.61. The van der Waals surface area contributed by atoms with Gasteiger partial charge in [0.15, 0.2) is 0 Å². The van der Waals surface area contributed by atoms with Gasteiger partial charge in [-0.25, -0.2) is 0 Å². The summed E-state index contributed by atoms with van der Waals surface area (Å²) in [6.45, 7) is 8.14. The fraction of sp³-hybridized carbons (Fsp3) is 0.722. The highest BCUT2D eigenvalue weighted by molar-refractivity contribution is 5.25. The average molecular weight is 274 g/mol. The van der Waals surface area contributed by atoms with E-state index in [0.717, 1.165) is 6.54 Å². The summed E-state index contributed by atoms with van der Waals surface area (Å²) in [5.41, 5.74) is 3.13. The molecular weight excluding hydrogens is 244 g/mol. The van der Waals surface area contributed by atoms with Crippen molar-refractivity contribution < 1.29 is 0 Å². The van der Waals surface area contributed by atoms with E-state index < -0.39 is 0 Å². The summed E-state index contributed by atoms with van der Waals surface area (Å²) in [5.74, 6) is 0. The van der Waals surface area contributed by atoms with Crippen LogP contribution in [-0.2, 0) is 6.42 Å². The van der Waals surface area contributed by atoms with Gasteiger partial charge < -0.3 is 5.32 Å². The van der Waals surface area contributed by atoms with Gasteiger partial charge in [0.1, 0.15) is 0 Å². The molecule has 20 heavy (non-hydrogen) atoms. The first-order chi connectivity index (χ1) is 9.62. The molecule has 2 rings (SSSR count). The highest BCUT2D eigenvalue weighted by atomic mass is 15.0. The lowest BCUT2D eigenvalue weighted by molar-refractivity contribution is 0.278. The van der Waals surface area contributed by atoms with Crippen LogP contribution < -0.4 is 5.32 Å². The van der Waals surface area contributed by atoms with Gasteiger partial charge in [0.25, 0.3) is 0 Å². The van der Waals surface area contributed by atoms with E-state index in [0.29, 0.717) is 11.5 Å². The zero-order chi connectivity index (χ0) is 14.4. The van der Waals surface area contributed by atoms with Gasteiger partial charge in [0.2, 0.25) is 0 Å². The van der Waals surface area contributed by atoms with Gasteiger partial charge in [-0.05, 0) is 42.7 Å². The smallest absolute Gasteiger partial charge is 0.0605 e. The van der Waals surface area contributed by atoms with Crippen molar-refractivity contribution in [2.24, 2.45) is 5.41 Å². The van der Waals surface area contributed by atoms with Crippen LogP contribution in [0.3, 0.4) is 0 Å². The van der Waals surface area contributed by atoms with E-state index >= 15 is 0 Å². The van der Waals surface area contributed by atoms with Crippen molar-refractivity contribution in [2.75, 3.05) is 6.54 Å². The number of nitrogens with zero attached hydrogens (tertiary/aromatic N) is 1. The van der Waals surface area contributed by atoms with Crippen molar-refractivity contribution in [1.29, 1.82) is 0 Å². The summed E-state index contributed by atoms with van der Waals surface area (Å²) >= 11 is 0. The second kappa shape index (κ2) is 7.21. The van der Waals surface area contributed by atoms with Crippen LogP contribution >= 0.6 is 0 Å². The second-order valence-electron chi connectivity index (χ2n) is 6.99. The fourth-order valence-electron chi connectivity index (χ4n) is 3.15. The van der Waals surface area contributed by atoms with Crippen LogP contribution in [0.5, 0.6) is 0 Å². The third-order valence-electron chi connectivity index (χ3n) is 4.48. The first-order valence-corrected chi connectivity index (χ1v) is 8.29. The van der Waals surface area contributed by atoms with Crippen molar-refractivity contribution in [1.82, 2.24) is 10.3 Å². The third kappa shape index (κ3) is 4.31. The van der Waals surface area contributed by atoms with E-state index in [1.54, 1.807) is 0 Å². The zero-order valence-electron chi connectivity index (χ0n) is 13.4. The molecule has 0 aliphatic heterocycles. The fourth-order valence-corrected chi connectivity index (χ4v) is 3.15. The number of hydrogen-bond donors (Lipinski definition) is 1. The lowest BCUT2D eigenvalue weighted by atomic mass is 9.85. The first-order valence-electron chi connectivity index (χ1n) is 8.29. The summed E-state index contributed by atoms with van der Waals surface area (Å²) < 4.78 is 0. The molecule has 0 spiro atoms. The quantitative estimate of drug-likeness (QED) is 0.732. The summed E-state index contributed by atoms with van der Waals surface area (Å²) in [6, 6.07) is 4.77. The van der Waals surface area contributed by atoms with Crippen molar-refractivity contribution >= 4 is 0 Å². The molecule has 0 radical (unpaired) electrons. The first kappa shape index (κ1) is 15.5. The number of fused-ring (bicyclic) bond motifs is 1. The second-order valence-corrected chi connectivity index (χ2v) is 6.99. The third-order valence-corrected chi connectivity index (χ3v) is 4.48. The van der Waals surface area contributed by atoms with Crippen LogP contribution in [-0.4, -0.2) is 11.5 Å². The Morgan fingerprint density at radius 2 is 2.20 bits per heavy atom. The standard InChI is InChI=1S/C18H30N2/c1-4-5-6-12-18(2,3)14-20-16-11-7-9-15-10-8-13-19-17(15)16/h8,10,13,16,20H,4-7,9,11-12,14H2,1-3H3. The van der Waals surface area contributed by atoms with Crippen molar-refractivity contribution in [2.45, 2.75) is 71.8 Å². The average Bonchev–Trinajstić information content (AvgIpc) is 2.45. The molecule has 0 saturated carbocycles. The van der Waals surface area contributed by atoms with Crippen molar-refractivity contribution in [3.8, 4) is 0 Å². The van der Waals surface area contributed by atoms with Gasteiger partial charge in [-0.3, -0.25) is 4.98 Å². The van der Waals surface area contributed by atoms with E-state index in [-0.39, 0.29) is 0 Å². The lowest BCUT2D eigenvalue weighted by Gasteiger charge is -2.31. The Labute approximate surface area is 124 Å². The summed E-state index contributed by atoms with van der Waals surface area (Å²) in [5, 5.41) is 3.78. The maximum Gasteiger partial charge on any atom is 0.0605 e. The molecule has 0 amide bonds. The number of rotatable bonds is 7. The van der Waals surface area contributed by atoms with Crippen LogP contribution in [0.15, 0.2) is 18.3 Å². The molecule has 1 atom stereocenters. The molecule has 1 aromatic heterocycles. The molecule has 1 heterocycles. The number of pyridine rings is 1. The Balaban J connectivity index is 1.88. The largest absolute Gasteiger partial charge is 0.308 e. The Kier molecular flexibility index (Phi) is 5.59. The summed E-state index contributed by atoms with van der Waals surface area (Å²) in [4.78, 5) is 4.61. The summed E-state index contributed by atoms with van der Waals surface area (Å²) in [7, 11) is 0. The number of nitrogens with one attached hydrogen (secondary N) is 1. The molecule has 1 unspecified atom stereocenters. The predicted molar refractivity (Wildman–Crippen MR) is 85.8 cm³/mol. The van der Waals surface area contributed by atoms with E-state index in [9.17, 15) is 0 Å². The van der Waals surface area contributed by atoms with Crippen LogP contribution in [0.2, 0.25) is 0 Å². The molecule has 112 valence electrons. The maximum atomic E-state index is 4.61. The molecule has 1 aliphatic rings. The minimum atomic E-state index is 0.390. The molecule has 2 heteroatoms. The molecule has 1 aliphatic carbocycles. The Morgan fingerprint density at radius 1 is 1.35 bits per heavy atom. The summed E-state index contributed by atoms with van der Waals surface area (Å²) in [6.07, 6.45) is 11.0. The van der Waals surface area contributed by atoms with Crippen LogP contribution in [0.4, 0.5) is 0 Å². The Morgan fingerprint density at radius 3 is 3.00 bits per heavy atom. The molecule has 0 aromatic carbocycles. The molecule has 1 aromatic rings. The molecule has 0 bridgehead atoms. The van der Waals surface area contributed by atoms with Gasteiger partial charge in [0.05, 0.1) is 5.69 Å². The van der Waals surface area contributed by atoms with E-state index in [4.69, 9.17) is 0 Å². The number of aryl methyl sites for hydroxylation is 1. The molecule has 1 N–H and O–H groups in total. The van der Waals surface area contributed by atoms with Crippen molar-refractivity contribution in [3.05, 3.63) is 29.6 Å². The normalized spacial score (nSPS) is 18.9.